The highest BCUT2D eigenvalue weighted by molar-refractivity contribution is 7.98. The van der Waals surface area contributed by atoms with Crippen LogP contribution in [0.25, 0.3) is 11.2 Å². The normalized spacial score (nSPS) is 23.0. The van der Waals surface area contributed by atoms with Crippen LogP contribution in [0.15, 0.2) is 41.8 Å². The monoisotopic (exact) mass is 459 g/mol. The fourth-order valence-electron chi connectivity index (χ4n) is 3.55. The molecular weight excluding hydrogens is 434 g/mol. The molecule has 4 N–H and O–H groups in total. The number of anilines is 1. The maximum Gasteiger partial charge on any atom is 0.225 e. The van der Waals surface area contributed by atoms with E-state index in [9.17, 15) is 20.1 Å². The van der Waals surface area contributed by atoms with E-state index < -0.39 is 31.1 Å². The highest BCUT2D eigenvalue weighted by atomic mass is 32.2. The van der Waals surface area contributed by atoms with E-state index in [1.807, 2.05) is 37.3 Å². The number of carbonyl (C=O) groups is 1. The lowest BCUT2D eigenvalue weighted by molar-refractivity contribution is -0.116. The van der Waals surface area contributed by atoms with E-state index in [1.54, 1.807) is 4.57 Å². The van der Waals surface area contributed by atoms with E-state index in [4.69, 9.17) is 4.74 Å². The first-order chi connectivity index (χ1) is 15.5. The SMILES string of the molecule is CCCC(=O)Nc1ncnc2c1nc(SCc1ccccc1)n2[C@@H]1O[C@H](CO)[C@@H](O)[C@H]1O. The maximum absolute atomic E-state index is 12.2. The van der Waals surface area contributed by atoms with Crippen molar-refractivity contribution in [2.24, 2.45) is 0 Å². The Morgan fingerprint density at radius 1 is 1.22 bits per heavy atom. The molecular formula is C21H25N5O5S. The Morgan fingerprint density at radius 3 is 2.69 bits per heavy atom. The first-order valence-corrected chi connectivity index (χ1v) is 11.3. The number of carbonyl (C=O) groups excluding carboxylic acids is 1. The van der Waals surface area contributed by atoms with Gasteiger partial charge in [0, 0.05) is 12.2 Å². The highest BCUT2D eigenvalue weighted by Crippen LogP contribution is 2.37. The second-order valence-corrected chi connectivity index (χ2v) is 8.40. The van der Waals surface area contributed by atoms with E-state index in [2.05, 4.69) is 20.3 Å². The first kappa shape index (κ1) is 22.6. The minimum atomic E-state index is -1.30. The molecule has 0 radical (unpaired) electrons. The second kappa shape index (κ2) is 9.92. The van der Waals surface area contributed by atoms with Crippen molar-refractivity contribution in [2.45, 2.75) is 55.2 Å². The van der Waals surface area contributed by atoms with Gasteiger partial charge in [0.15, 0.2) is 28.4 Å². The molecule has 0 bridgehead atoms. The van der Waals surface area contributed by atoms with Crippen molar-refractivity contribution in [1.82, 2.24) is 19.5 Å². The van der Waals surface area contributed by atoms with Crippen molar-refractivity contribution in [3.63, 3.8) is 0 Å². The molecule has 1 aliphatic rings. The van der Waals surface area contributed by atoms with Crippen molar-refractivity contribution in [1.29, 1.82) is 0 Å². The standard InChI is InChI=1S/C21H25N5O5S/c1-2-6-14(28)24-18-15-19(23-11-22-18)26(20-17(30)16(29)13(9-27)31-20)21(25-15)32-10-12-7-4-3-5-8-12/h3-5,7-8,11,13,16-17,20,27,29-30H,2,6,9-10H2,1H3,(H,22,23,24,28)/t13-,16-,17-,20-/m1/s1. The summed E-state index contributed by atoms with van der Waals surface area (Å²) in [5.74, 6) is 0.665. The Kier molecular flexibility index (Phi) is 7.01. The van der Waals surface area contributed by atoms with Crippen molar-refractivity contribution >= 4 is 34.7 Å². The number of nitrogens with one attached hydrogen (secondary N) is 1. The van der Waals surface area contributed by atoms with Gasteiger partial charge in [0.1, 0.15) is 24.6 Å². The van der Waals surface area contributed by atoms with Crippen LogP contribution in [0.3, 0.4) is 0 Å². The zero-order valence-electron chi connectivity index (χ0n) is 17.5. The van der Waals surface area contributed by atoms with Gasteiger partial charge < -0.3 is 25.4 Å². The number of benzene rings is 1. The van der Waals surface area contributed by atoms with Crippen LogP contribution in [0.1, 0.15) is 31.6 Å². The van der Waals surface area contributed by atoms with Crippen LogP contribution < -0.4 is 5.32 Å². The van der Waals surface area contributed by atoms with Crippen molar-refractivity contribution in [2.75, 3.05) is 11.9 Å². The smallest absolute Gasteiger partial charge is 0.225 e. The molecule has 170 valence electrons. The number of fused-ring (bicyclic) bond motifs is 1. The van der Waals surface area contributed by atoms with Gasteiger partial charge >= 0.3 is 0 Å². The number of hydrogen-bond donors (Lipinski definition) is 4. The van der Waals surface area contributed by atoms with Gasteiger partial charge in [-0.3, -0.25) is 9.36 Å². The number of rotatable bonds is 8. The van der Waals surface area contributed by atoms with E-state index in [1.165, 1.54) is 18.1 Å². The molecule has 1 fully saturated rings. The summed E-state index contributed by atoms with van der Waals surface area (Å²) in [4.78, 5) is 25.3. The molecule has 0 saturated carbocycles. The van der Waals surface area contributed by atoms with Crippen molar-refractivity contribution in [3.8, 4) is 0 Å². The third-order valence-electron chi connectivity index (χ3n) is 5.16. The minimum Gasteiger partial charge on any atom is -0.394 e. The lowest BCUT2D eigenvalue weighted by atomic mass is 10.1. The van der Waals surface area contributed by atoms with E-state index in [0.29, 0.717) is 34.9 Å². The van der Waals surface area contributed by atoms with Gasteiger partial charge in [-0.2, -0.15) is 0 Å². The molecule has 3 aromatic rings. The molecule has 2 aromatic heterocycles. The summed E-state index contributed by atoms with van der Waals surface area (Å²) >= 11 is 1.40. The number of aromatic nitrogens is 4. The molecule has 0 aliphatic carbocycles. The second-order valence-electron chi connectivity index (χ2n) is 7.46. The van der Waals surface area contributed by atoms with Crippen molar-refractivity contribution in [3.05, 3.63) is 42.2 Å². The molecule has 1 saturated heterocycles. The molecule has 0 unspecified atom stereocenters. The van der Waals surface area contributed by atoms with Gasteiger partial charge in [-0.15, -0.1) is 0 Å². The predicted molar refractivity (Wildman–Crippen MR) is 118 cm³/mol. The number of aliphatic hydroxyl groups is 3. The fraction of sp³-hybridized carbons (Fsp3) is 0.429. The largest absolute Gasteiger partial charge is 0.394 e. The zero-order valence-corrected chi connectivity index (χ0v) is 18.3. The Labute approximate surface area is 188 Å². The Hall–Kier alpha value is -2.57. The number of amides is 1. The summed E-state index contributed by atoms with van der Waals surface area (Å²) < 4.78 is 7.34. The lowest BCUT2D eigenvalue weighted by Gasteiger charge is -2.19. The van der Waals surface area contributed by atoms with Crippen LogP contribution in [0.5, 0.6) is 0 Å². The fourth-order valence-corrected chi connectivity index (χ4v) is 4.52. The summed E-state index contributed by atoms with van der Waals surface area (Å²) in [6.45, 7) is 1.46. The molecule has 1 aliphatic heterocycles. The minimum absolute atomic E-state index is 0.187. The van der Waals surface area contributed by atoms with Crippen LogP contribution in [-0.2, 0) is 15.3 Å². The average Bonchev–Trinajstić information content (AvgIpc) is 3.30. The molecule has 32 heavy (non-hydrogen) atoms. The first-order valence-electron chi connectivity index (χ1n) is 10.4. The zero-order chi connectivity index (χ0) is 22.7. The third-order valence-corrected chi connectivity index (χ3v) is 6.19. The van der Waals surface area contributed by atoms with Crippen LogP contribution in [-0.4, -0.2) is 65.7 Å². The molecule has 4 rings (SSSR count). The topological polar surface area (TPSA) is 143 Å². The summed E-state index contributed by atoms with van der Waals surface area (Å²) in [5, 5.41) is 33.6. The van der Waals surface area contributed by atoms with Gasteiger partial charge in [-0.1, -0.05) is 49.0 Å². The number of thioether (sulfide) groups is 1. The van der Waals surface area contributed by atoms with Crippen molar-refractivity contribution < 1.29 is 24.9 Å². The maximum atomic E-state index is 12.2. The van der Waals surface area contributed by atoms with E-state index in [0.717, 1.165) is 5.56 Å². The molecule has 10 nitrogen and oxygen atoms in total. The predicted octanol–water partition coefficient (Wildman–Crippen LogP) is 1.47. The number of hydrogen-bond acceptors (Lipinski definition) is 9. The summed E-state index contributed by atoms with van der Waals surface area (Å²) in [6.07, 6.45) is -2.18. The summed E-state index contributed by atoms with van der Waals surface area (Å²) in [5.41, 5.74) is 1.77. The highest BCUT2D eigenvalue weighted by Gasteiger charge is 2.45. The van der Waals surface area contributed by atoms with E-state index >= 15 is 0 Å². The quantitative estimate of drug-likeness (QED) is 0.368. The summed E-state index contributed by atoms with van der Waals surface area (Å²) in [6, 6.07) is 9.80. The molecule has 0 spiro atoms. The molecule has 4 atom stereocenters. The van der Waals surface area contributed by atoms with Gasteiger partial charge in [-0.25, -0.2) is 15.0 Å². The Morgan fingerprint density at radius 2 is 2.00 bits per heavy atom. The number of ether oxygens (including phenoxy) is 1. The lowest BCUT2D eigenvalue weighted by Crippen LogP contribution is -2.33. The van der Waals surface area contributed by atoms with Crippen LogP contribution in [0, 0.1) is 0 Å². The summed E-state index contributed by atoms with van der Waals surface area (Å²) in [7, 11) is 0. The van der Waals surface area contributed by atoms with Gasteiger partial charge in [-0.05, 0) is 12.0 Å². The molecule has 3 heterocycles. The molecule has 1 aromatic carbocycles. The Bertz CT molecular complexity index is 1080. The van der Waals surface area contributed by atoms with Gasteiger partial charge in [0.05, 0.1) is 6.61 Å². The average molecular weight is 460 g/mol. The molecule has 1 amide bonds. The van der Waals surface area contributed by atoms with Crippen LogP contribution in [0.4, 0.5) is 5.82 Å². The number of nitrogens with zero attached hydrogens (tertiary/aromatic N) is 4. The van der Waals surface area contributed by atoms with Crippen LogP contribution in [0.2, 0.25) is 0 Å². The van der Waals surface area contributed by atoms with Gasteiger partial charge in [0.25, 0.3) is 0 Å². The third kappa shape index (κ3) is 4.48. The number of imidazole rings is 1. The van der Waals surface area contributed by atoms with Gasteiger partial charge in [0.2, 0.25) is 5.91 Å². The Balaban J connectivity index is 1.75. The number of aliphatic hydroxyl groups excluding tert-OH is 3. The van der Waals surface area contributed by atoms with E-state index in [-0.39, 0.29) is 11.7 Å². The molecule has 11 heteroatoms. The van der Waals surface area contributed by atoms with Crippen LogP contribution >= 0.6 is 11.8 Å².